The second kappa shape index (κ2) is 8.25. The third kappa shape index (κ3) is 3.59. The van der Waals surface area contributed by atoms with E-state index in [1.165, 1.54) is 6.42 Å². The summed E-state index contributed by atoms with van der Waals surface area (Å²) in [7, 11) is -3.44. The molecule has 22 heavy (non-hydrogen) atoms. The van der Waals surface area contributed by atoms with Gasteiger partial charge in [-0.25, -0.2) is 0 Å². The molecule has 0 unspecified atom stereocenters. The highest BCUT2D eigenvalue weighted by molar-refractivity contribution is 7.55. The zero-order valence-electron chi connectivity index (χ0n) is 14.1. The van der Waals surface area contributed by atoms with E-state index in [1.54, 1.807) is 0 Å². The lowest BCUT2D eigenvalue weighted by atomic mass is 9.90. The summed E-state index contributed by atoms with van der Waals surface area (Å²) < 4.78 is 24.7. The van der Waals surface area contributed by atoms with Crippen LogP contribution in [0.3, 0.4) is 0 Å². The summed E-state index contributed by atoms with van der Waals surface area (Å²) in [4.78, 5) is 0. The van der Waals surface area contributed by atoms with E-state index in [-0.39, 0.29) is 6.04 Å². The zero-order valence-corrected chi connectivity index (χ0v) is 15.0. The van der Waals surface area contributed by atoms with Gasteiger partial charge >= 0.3 is 7.60 Å². The number of hydrogen-bond donors (Lipinski definition) is 0. The van der Waals surface area contributed by atoms with E-state index < -0.39 is 12.9 Å². The van der Waals surface area contributed by atoms with Gasteiger partial charge in [0.2, 0.25) is 0 Å². The van der Waals surface area contributed by atoms with Crippen LogP contribution in [0.2, 0.25) is 0 Å². The fourth-order valence-electron chi connectivity index (χ4n) is 4.01. The summed E-state index contributed by atoms with van der Waals surface area (Å²) in [5.41, 5.74) is 0. The van der Waals surface area contributed by atoms with Gasteiger partial charge in [0.15, 0.2) is 5.28 Å². The highest BCUT2D eigenvalue weighted by Crippen LogP contribution is 2.66. The predicted octanol–water partition coefficient (Wildman–Crippen LogP) is 4.89. The Balaban J connectivity index is 2.30. The van der Waals surface area contributed by atoms with Crippen molar-refractivity contribution in [1.29, 1.82) is 0 Å². The van der Waals surface area contributed by atoms with Gasteiger partial charge < -0.3 is 9.05 Å². The van der Waals surface area contributed by atoms with Crippen LogP contribution in [-0.4, -0.2) is 29.6 Å². The molecule has 0 spiro atoms. The second-order valence-corrected chi connectivity index (χ2v) is 8.84. The van der Waals surface area contributed by atoms with E-state index in [2.05, 4.69) is 0 Å². The van der Waals surface area contributed by atoms with Crippen LogP contribution >= 0.6 is 7.60 Å². The van der Waals surface area contributed by atoms with E-state index >= 15 is 0 Å². The standard InChI is InChI=1S/C16H31NO4P/c1-3-20-22(19,21-4-2)16(13-9-6-10-14-16)17(18)15-11-7-5-8-12-15/h15H,3-14H2,1-2H3. The largest absolute Gasteiger partial charge is 0.353 e. The highest BCUT2D eigenvalue weighted by atomic mass is 31.2. The monoisotopic (exact) mass is 332 g/mol. The zero-order chi connectivity index (χ0) is 16.1. The molecular weight excluding hydrogens is 301 g/mol. The maximum atomic E-state index is 13.5. The van der Waals surface area contributed by atoms with Gasteiger partial charge in [-0.2, -0.15) is 0 Å². The lowest BCUT2D eigenvalue weighted by Gasteiger charge is -2.47. The summed E-state index contributed by atoms with van der Waals surface area (Å²) in [5, 5.41) is 13.5. The molecule has 5 nitrogen and oxygen atoms in total. The van der Waals surface area contributed by atoms with Gasteiger partial charge in [-0.1, -0.05) is 38.5 Å². The molecule has 0 bridgehead atoms. The maximum Gasteiger partial charge on any atom is 0.353 e. The minimum absolute atomic E-state index is 0.0268. The van der Waals surface area contributed by atoms with E-state index in [4.69, 9.17) is 9.05 Å². The minimum Gasteiger partial charge on any atom is -0.308 e. The molecule has 0 aromatic heterocycles. The van der Waals surface area contributed by atoms with Crippen LogP contribution in [0.25, 0.3) is 0 Å². The van der Waals surface area contributed by atoms with Crippen molar-refractivity contribution in [3.63, 3.8) is 0 Å². The average Bonchev–Trinajstić information content (AvgIpc) is 2.56. The molecule has 0 aromatic carbocycles. The van der Waals surface area contributed by atoms with Gasteiger partial charge in [0.25, 0.3) is 0 Å². The lowest BCUT2D eigenvalue weighted by molar-refractivity contribution is -0.245. The average molecular weight is 332 g/mol. The fourth-order valence-corrected chi connectivity index (χ4v) is 6.51. The van der Waals surface area contributed by atoms with Crippen molar-refractivity contribution in [3.8, 4) is 0 Å². The Bertz CT molecular complexity index is 368. The van der Waals surface area contributed by atoms with E-state index in [0.717, 1.165) is 50.0 Å². The molecule has 129 valence electrons. The Hall–Kier alpha value is 0.0700. The van der Waals surface area contributed by atoms with Crippen LogP contribution in [0.5, 0.6) is 0 Å². The molecule has 2 saturated carbocycles. The summed E-state index contributed by atoms with van der Waals surface area (Å²) in [6.07, 6.45) is 9.40. The second-order valence-electron chi connectivity index (χ2n) is 6.49. The normalized spacial score (nSPS) is 23.8. The van der Waals surface area contributed by atoms with Crippen molar-refractivity contribution in [1.82, 2.24) is 5.06 Å². The number of nitrogens with zero attached hydrogens (tertiary/aromatic N) is 1. The summed E-state index contributed by atoms with van der Waals surface area (Å²) in [5.74, 6) is 0. The summed E-state index contributed by atoms with van der Waals surface area (Å²) in [6, 6.07) is -0.0268. The molecule has 0 aliphatic heterocycles. The van der Waals surface area contributed by atoms with Crippen molar-refractivity contribution in [2.45, 2.75) is 89.4 Å². The van der Waals surface area contributed by atoms with Gasteiger partial charge in [-0.3, -0.25) is 4.57 Å². The molecule has 0 saturated heterocycles. The Morgan fingerprint density at radius 1 is 0.955 bits per heavy atom. The molecule has 2 fully saturated rings. The molecule has 2 rings (SSSR count). The first kappa shape index (κ1) is 18.4. The van der Waals surface area contributed by atoms with Crippen LogP contribution in [0.4, 0.5) is 0 Å². The third-order valence-electron chi connectivity index (χ3n) is 5.08. The molecule has 1 radical (unpaired) electrons. The fraction of sp³-hybridized carbons (Fsp3) is 1.00. The molecule has 0 atom stereocenters. The first-order valence-corrected chi connectivity index (χ1v) is 10.5. The summed E-state index contributed by atoms with van der Waals surface area (Å²) >= 11 is 0. The van der Waals surface area contributed by atoms with Crippen molar-refractivity contribution in [2.75, 3.05) is 13.2 Å². The van der Waals surface area contributed by atoms with Crippen LogP contribution in [-0.2, 0) is 18.8 Å². The molecule has 6 heteroatoms. The molecule has 0 N–H and O–H groups in total. The van der Waals surface area contributed by atoms with Crippen molar-refractivity contribution in [2.24, 2.45) is 0 Å². The van der Waals surface area contributed by atoms with Gasteiger partial charge in [0.1, 0.15) is 0 Å². The third-order valence-corrected chi connectivity index (χ3v) is 7.94. The van der Waals surface area contributed by atoms with Crippen molar-refractivity contribution < 1.29 is 18.8 Å². The summed E-state index contributed by atoms with van der Waals surface area (Å²) in [6.45, 7) is 4.27. The lowest BCUT2D eigenvalue weighted by Crippen LogP contribution is -2.53. The van der Waals surface area contributed by atoms with Crippen LogP contribution in [0.1, 0.15) is 78.1 Å². The number of hydroxylamine groups is 2. The predicted molar refractivity (Wildman–Crippen MR) is 86.1 cm³/mol. The van der Waals surface area contributed by atoms with Gasteiger partial charge in [0.05, 0.1) is 13.2 Å². The quantitative estimate of drug-likeness (QED) is 0.492. The van der Waals surface area contributed by atoms with Crippen LogP contribution < -0.4 is 0 Å². The Morgan fingerprint density at radius 3 is 1.95 bits per heavy atom. The van der Waals surface area contributed by atoms with E-state index in [0.29, 0.717) is 26.1 Å². The minimum atomic E-state index is -3.44. The van der Waals surface area contributed by atoms with Crippen molar-refractivity contribution >= 4 is 7.60 Å². The molecule has 0 amide bonds. The van der Waals surface area contributed by atoms with Gasteiger partial charge in [-0.15, -0.1) is 10.3 Å². The SMILES string of the molecule is CCOP(=O)(OCC)C1(N([O])C2CCCCC2)CCCCC1. The molecule has 2 aliphatic carbocycles. The highest BCUT2D eigenvalue weighted by Gasteiger charge is 2.57. The molecule has 2 aliphatic rings. The van der Waals surface area contributed by atoms with E-state index in [9.17, 15) is 9.77 Å². The molecular formula is C16H31NO4P. The van der Waals surface area contributed by atoms with Gasteiger partial charge in [-0.05, 0) is 39.5 Å². The number of hydrogen-bond acceptors (Lipinski definition) is 4. The smallest absolute Gasteiger partial charge is 0.308 e. The van der Waals surface area contributed by atoms with Gasteiger partial charge in [0, 0.05) is 6.04 Å². The number of rotatable bonds is 7. The first-order valence-electron chi connectivity index (χ1n) is 8.95. The van der Waals surface area contributed by atoms with Crippen LogP contribution in [0.15, 0.2) is 0 Å². The first-order chi connectivity index (χ1) is 10.6. The molecule has 0 aromatic rings. The van der Waals surface area contributed by atoms with Crippen LogP contribution in [0, 0.1) is 0 Å². The van der Waals surface area contributed by atoms with Crippen molar-refractivity contribution in [3.05, 3.63) is 0 Å². The van der Waals surface area contributed by atoms with E-state index in [1.807, 2.05) is 13.8 Å². The maximum absolute atomic E-state index is 13.5. The Morgan fingerprint density at radius 2 is 1.45 bits per heavy atom. The topological polar surface area (TPSA) is 58.7 Å². The molecule has 0 heterocycles. The Labute approximate surface area is 134 Å². The Kier molecular flexibility index (Phi) is 6.91.